The van der Waals surface area contributed by atoms with E-state index in [4.69, 9.17) is 10.8 Å². The maximum atomic E-state index is 10.3. The second-order valence-corrected chi connectivity index (χ2v) is 3.20. The summed E-state index contributed by atoms with van der Waals surface area (Å²) in [4.78, 5) is 10.3. The summed E-state index contributed by atoms with van der Waals surface area (Å²) in [6, 6.07) is 7.05. The van der Waals surface area contributed by atoms with E-state index < -0.39 is 12.1 Å². The standard InChI is InChI=1S/C10H13NO3/c11-8-3-1-2-7(4-8)5-9(12)6-10(13)14/h1-4,9,12H,5-6,11H2,(H,13,14)/t9-/m0/s1. The number of aliphatic hydroxyl groups is 1. The second-order valence-electron chi connectivity index (χ2n) is 3.20. The predicted octanol–water partition coefficient (Wildman–Crippen LogP) is 0.647. The van der Waals surface area contributed by atoms with E-state index in [0.717, 1.165) is 5.56 Å². The first-order valence-electron chi connectivity index (χ1n) is 4.32. The summed E-state index contributed by atoms with van der Waals surface area (Å²) in [6.07, 6.45) is -0.777. The van der Waals surface area contributed by atoms with Gasteiger partial charge >= 0.3 is 5.97 Å². The van der Waals surface area contributed by atoms with Gasteiger partial charge in [-0.25, -0.2) is 0 Å². The lowest BCUT2D eigenvalue weighted by Crippen LogP contribution is -2.15. The molecule has 0 aliphatic carbocycles. The third-order valence-corrected chi connectivity index (χ3v) is 1.83. The fraction of sp³-hybridized carbons (Fsp3) is 0.300. The van der Waals surface area contributed by atoms with Gasteiger partial charge in [0.25, 0.3) is 0 Å². The molecule has 0 saturated carbocycles. The van der Waals surface area contributed by atoms with Gasteiger partial charge in [-0.2, -0.15) is 0 Å². The van der Waals surface area contributed by atoms with Gasteiger partial charge in [0.2, 0.25) is 0 Å². The van der Waals surface area contributed by atoms with Crippen LogP contribution in [0.25, 0.3) is 0 Å². The zero-order valence-electron chi connectivity index (χ0n) is 7.68. The smallest absolute Gasteiger partial charge is 0.305 e. The molecule has 0 amide bonds. The number of rotatable bonds is 4. The van der Waals surface area contributed by atoms with Gasteiger partial charge in [-0.3, -0.25) is 4.79 Å². The summed E-state index contributed by atoms with van der Waals surface area (Å²) < 4.78 is 0. The third kappa shape index (κ3) is 3.45. The zero-order valence-corrected chi connectivity index (χ0v) is 7.68. The molecule has 0 saturated heterocycles. The molecule has 0 heterocycles. The molecule has 1 rings (SSSR count). The summed E-state index contributed by atoms with van der Waals surface area (Å²) in [6.45, 7) is 0. The van der Waals surface area contributed by atoms with Crippen LogP contribution in [0.4, 0.5) is 5.69 Å². The maximum Gasteiger partial charge on any atom is 0.305 e. The number of benzene rings is 1. The number of nitrogens with two attached hydrogens (primary N) is 1. The molecular weight excluding hydrogens is 182 g/mol. The van der Waals surface area contributed by atoms with Crippen LogP contribution in [0.3, 0.4) is 0 Å². The van der Waals surface area contributed by atoms with Crippen LogP contribution in [0.2, 0.25) is 0 Å². The normalized spacial score (nSPS) is 12.4. The van der Waals surface area contributed by atoms with Crippen molar-refractivity contribution in [3.05, 3.63) is 29.8 Å². The molecule has 0 fully saturated rings. The molecule has 0 bridgehead atoms. The molecule has 1 aromatic rings. The molecule has 0 radical (unpaired) electrons. The SMILES string of the molecule is Nc1cccc(C[C@H](O)CC(=O)O)c1. The van der Waals surface area contributed by atoms with Gasteiger partial charge in [-0.15, -0.1) is 0 Å². The minimum atomic E-state index is -0.999. The van der Waals surface area contributed by atoms with Gasteiger partial charge in [0.15, 0.2) is 0 Å². The topological polar surface area (TPSA) is 83.5 Å². The number of anilines is 1. The van der Waals surface area contributed by atoms with E-state index in [1.807, 2.05) is 0 Å². The molecule has 0 aliphatic rings. The van der Waals surface area contributed by atoms with E-state index >= 15 is 0 Å². The average Bonchev–Trinajstić information content (AvgIpc) is 2.01. The van der Waals surface area contributed by atoms with Crippen LogP contribution in [0, 0.1) is 0 Å². The van der Waals surface area contributed by atoms with Crippen molar-refractivity contribution in [1.29, 1.82) is 0 Å². The van der Waals surface area contributed by atoms with Crippen LogP contribution in [0.1, 0.15) is 12.0 Å². The minimum absolute atomic E-state index is 0.241. The Morgan fingerprint density at radius 1 is 1.50 bits per heavy atom. The van der Waals surface area contributed by atoms with Crippen molar-refractivity contribution in [2.75, 3.05) is 5.73 Å². The lowest BCUT2D eigenvalue weighted by molar-refractivity contribution is -0.139. The van der Waals surface area contributed by atoms with Crippen molar-refractivity contribution >= 4 is 11.7 Å². The van der Waals surface area contributed by atoms with Gasteiger partial charge in [0.1, 0.15) is 0 Å². The maximum absolute atomic E-state index is 10.3. The quantitative estimate of drug-likeness (QED) is 0.616. The Morgan fingerprint density at radius 3 is 2.79 bits per heavy atom. The van der Waals surface area contributed by atoms with E-state index in [-0.39, 0.29) is 6.42 Å². The highest BCUT2D eigenvalue weighted by molar-refractivity contribution is 5.67. The highest BCUT2D eigenvalue weighted by Crippen LogP contribution is 2.10. The van der Waals surface area contributed by atoms with Crippen molar-refractivity contribution in [3.8, 4) is 0 Å². The summed E-state index contributed by atoms with van der Waals surface area (Å²) in [5.74, 6) is -0.999. The van der Waals surface area contributed by atoms with Crippen LogP contribution >= 0.6 is 0 Å². The van der Waals surface area contributed by atoms with Crippen molar-refractivity contribution in [1.82, 2.24) is 0 Å². The number of nitrogen functional groups attached to an aromatic ring is 1. The molecule has 0 aromatic heterocycles. The lowest BCUT2D eigenvalue weighted by atomic mass is 10.1. The Hall–Kier alpha value is -1.55. The van der Waals surface area contributed by atoms with Crippen molar-refractivity contribution < 1.29 is 15.0 Å². The van der Waals surface area contributed by atoms with E-state index in [1.165, 1.54) is 0 Å². The Kier molecular flexibility index (Phi) is 3.48. The predicted molar refractivity (Wildman–Crippen MR) is 52.8 cm³/mol. The number of carboxylic acids is 1. The Labute approximate surface area is 82.0 Å². The summed E-state index contributed by atoms with van der Waals surface area (Å²) in [5.41, 5.74) is 7.00. The second kappa shape index (κ2) is 4.62. The van der Waals surface area contributed by atoms with Crippen LogP contribution in [0.15, 0.2) is 24.3 Å². The molecule has 1 atom stereocenters. The number of carboxylic acid groups (broad SMARTS) is 1. The fourth-order valence-corrected chi connectivity index (χ4v) is 1.27. The largest absolute Gasteiger partial charge is 0.481 e. The van der Waals surface area contributed by atoms with Crippen LogP contribution in [-0.2, 0) is 11.2 Å². The molecule has 4 heteroatoms. The molecule has 0 spiro atoms. The fourth-order valence-electron chi connectivity index (χ4n) is 1.27. The lowest BCUT2D eigenvalue weighted by Gasteiger charge is -2.07. The first-order valence-corrected chi connectivity index (χ1v) is 4.32. The average molecular weight is 195 g/mol. The number of aliphatic carboxylic acids is 1. The highest BCUT2D eigenvalue weighted by atomic mass is 16.4. The number of hydrogen-bond acceptors (Lipinski definition) is 3. The number of hydrogen-bond donors (Lipinski definition) is 3. The van der Waals surface area contributed by atoms with Crippen LogP contribution in [-0.4, -0.2) is 22.3 Å². The Balaban J connectivity index is 2.55. The molecule has 1 aromatic carbocycles. The summed E-state index contributed by atoms with van der Waals surface area (Å²) >= 11 is 0. The minimum Gasteiger partial charge on any atom is -0.481 e. The molecule has 4 N–H and O–H groups in total. The van der Waals surface area contributed by atoms with Gasteiger partial charge in [0.05, 0.1) is 12.5 Å². The van der Waals surface area contributed by atoms with E-state index in [0.29, 0.717) is 12.1 Å². The molecule has 0 aliphatic heterocycles. The van der Waals surface area contributed by atoms with E-state index in [1.54, 1.807) is 24.3 Å². The molecule has 76 valence electrons. The molecule has 14 heavy (non-hydrogen) atoms. The number of carbonyl (C=O) groups is 1. The van der Waals surface area contributed by atoms with Gasteiger partial charge in [-0.05, 0) is 24.1 Å². The van der Waals surface area contributed by atoms with Crippen molar-refractivity contribution in [3.63, 3.8) is 0 Å². The molecule has 0 unspecified atom stereocenters. The van der Waals surface area contributed by atoms with Gasteiger partial charge in [-0.1, -0.05) is 12.1 Å². The van der Waals surface area contributed by atoms with E-state index in [9.17, 15) is 9.90 Å². The zero-order chi connectivity index (χ0) is 10.6. The first kappa shape index (κ1) is 10.5. The van der Waals surface area contributed by atoms with Crippen LogP contribution in [0.5, 0.6) is 0 Å². The third-order valence-electron chi connectivity index (χ3n) is 1.83. The molecular formula is C10H13NO3. The van der Waals surface area contributed by atoms with Crippen LogP contribution < -0.4 is 5.73 Å². The highest BCUT2D eigenvalue weighted by Gasteiger charge is 2.09. The van der Waals surface area contributed by atoms with Gasteiger partial charge < -0.3 is 15.9 Å². The Morgan fingerprint density at radius 2 is 2.21 bits per heavy atom. The van der Waals surface area contributed by atoms with Crippen molar-refractivity contribution in [2.24, 2.45) is 0 Å². The van der Waals surface area contributed by atoms with Gasteiger partial charge in [0, 0.05) is 5.69 Å². The van der Waals surface area contributed by atoms with E-state index in [2.05, 4.69) is 0 Å². The summed E-state index contributed by atoms with van der Waals surface area (Å²) in [5, 5.41) is 17.8. The molecule has 4 nitrogen and oxygen atoms in total. The number of aliphatic hydroxyl groups excluding tert-OH is 1. The first-order chi connectivity index (χ1) is 6.58. The van der Waals surface area contributed by atoms with Crippen molar-refractivity contribution in [2.45, 2.75) is 18.9 Å². The summed E-state index contributed by atoms with van der Waals surface area (Å²) in [7, 11) is 0. The monoisotopic (exact) mass is 195 g/mol. The Bertz CT molecular complexity index is 325.